The molecule has 1 N–H and O–H groups in total. The molecule has 2 atom stereocenters. The molecule has 3 aromatic rings. The quantitative estimate of drug-likeness (QED) is 0.737. The monoisotopic (exact) mass is 371 g/mol. The van der Waals surface area contributed by atoms with Gasteiger partial charge < -0.3 is 10.2 Å². The second-order valence-electron chi connectivity index (χ2n) is 6.92. The number of nitrogens with zero attached hydrogens (tertiary/aromatic N) is 2. The second-order valence-corrected chi connectivity index (χ2v) is 7.87. The number of aromatic nitrogens is 1. The summed E-state index contributed by atoms with van der Waals surface area (Å²) in [5.74, 6) is -0.0248. The number of carbonyl (C=O) groups is 1. The summed E-state index contributed by atoms with van der Waals surface area (Å²) in [5.41, 5.74) is 2.63. The number of fused-ring (bicyclic) bond motifs is 1. The number of hydrogen-bond acceptors (Lipinski definition) is 4. The highest BCUT2D eigenvalue weighted by Crippen LogP contribution is 2.35. The molecule has 0 amide bonds. The van der Waals surface area contributed by atoms with E-state index in [-0.39, 0.29) is 11.9 Å². The minimum atomic E-state index is -0.907. The van der Waals surface area contributed by atoms with Crippen molar-refractivity contribution < 1.29 is 9.18 Å². The maximum atomic E-state index is 14.5. The van der Waals surface area contributed by atoms with Gasteiger partial charge in [-0.15, -0.1) is 11.3 Å². The number of hydrogen-bond donors (Lipinski definition) is 1. The first kappa shape index (κ1) is 17.2. The Kier molecular flexibility index (Phi) is 4.54. The summed E-state index contributed by atoms with van der Waals surface area (Å²) < 4.78 is 16.2. The number of benzene rings is 1. The molecule has 1 fully saturated rings. The molecular formula is C20H22FN3OS. The van der Waals surface area contributed by atoms with Gasteiger partial charge in [-0.05, 0) is 43.1 Å². The summed E-state index contributed by atoms with van der Waals surface area (Å²) in [7, 11) is 1.95. The molecule has 0 radical (unpaired) electrons. The van der Waals surface area contributed by atoms with Crippen molar-refractivity contribution in [3.63, 3.8) is 0 Å². The van der Waals surface area contributed by atoms with Crippen LogP contribution in [-0.4, -0.2) is 47.7 Å². The van der Waals surface area contributed by atoms with Gasteiger partial charge in [0.2, 0.25) is 5.91 Å². The van der Waals surface area contributed by atoms with Gasteiger partial charge in [0.05, 0.1) is 22.1 Å². The first-order valence-electron chi connectivity index (χ1n) is 8.83. The zero-order valence-corrected chi connectivity index (χ0v) is 15.7. The van der Waals surface area contributed by atoms with Crippen molar-refractivity contribution in [1.29, 1.82) is 0 Å². The van der Waals surface area contributed by atoms with Gasteiger partial charge in [-0.1, -0.05) is 12.1 Å². The van der Waals surface area contributed by atoms with Crippen molar-refractivity contribution in [2.45, 2.75) is 25.6 Å². The van der Waals surface area contributed by atoms with Gasteiger partial charge in [0.1, 0.15) is 6.17 Å². The van der Waals surface area contributed by atoms with Crippen LogP contribution in [0.2, 0.25) is 0 Å². The zero-order valence-electron chi connectivity index (χ0n) is 14.9. The van der Waals surface area contributed by atoms with Crippen LogP contribution in [0.3, 0.4) is 0 Å². The molecule has 0 spiro atoms. The van der Waals surface area contributed by atoms with Crippen molar-refractivity contribution in [2.75, 3.05) is 25.5 Å². The largest absolute Gasteiger partial charge is 0.379 e. The number of rotatable bonds is 3. The van der Waals surface area contributed by atoms with E-state index in [0.29, 0.717) is 6.54 Å². The van der Waals surface area contributed by atoms with Gasteiger partial charge in [-0.2, -0.15) is 0 Å². The normalized spacial score (nSPS) is 21.2. The number of piperidine rings is 1. The molecule has 0 bridgehead atoms. The van der Waals surface area contributed by atoms with Crippen LogP contribution >= 0.6 is 11.3 Å². The van der Waals surface area contributed by atoms with Crippen molar-refractivity contribution >= 4 is 33.8 Å². The van der Waals surface area contributed by atoms with E-state index in [4.69, 9.17) is 0 Å². The maximum Gasteiger partial charge on any atom is 0.228 e. The number of carbonyl (C=O) groups excluding carboxylic acids is 1. The lowest BCUT2D eigenvalue weighted by atomic mass is 10.0. The molecule has 0 saturated carbocycles. The number of thiophene rings is 1. The van der Waals surface area contributed by atoms with E-state index in [1.54, 1.807) is 22.8 Å². The van der Waals surface area contributed by atoms with Gasteiger partial charge in [-0.3, -0.25) is 9.36 Å². The average Bonchev–Trinajstić information content (AvgIpc) is 3.24. The lowest BCUT2D eigenvalue weighted by molar-refractivity contribution is 0.0943. The van der Waals surface area contributed by atoms with E-state index in [2.05, 4.69) is 5.32 Å². The fourth-order valence-electron chi connectivity index (χ4n) is 3.72. The molecule has 1 aliphatic rings. The average molecular weight is 371 g/mol. The molecule has 2 aromatic heterocycles. The number of halogens is 1. The van der Waals surface area contributed by atoms with Gasteiger partial charge >= 0.3 is 0 Å². The van der Waals surface area contributed by atoms with Crippen LogP contribution in [0.5, 0.6) is 0 Å². The standard InChI is InChI=1S/C20H22FN3OS/c1-13(25)24-18-6-3-5-16(22-17-8-9-23(2)12-15(17)21)14(18)11-19(24)20-7-4-10-26-20/h3-7,10-11,15,17,22H,8-9,12H2,1-2H3. The third-order valence-corrected chi connectivity index (χ3v) is 5.91. The summed E-state index contributed by atoms with van der Waals surface area (Å²) in [4.78, 5) is 15.4. The summed E-state index contributed by atoms with van der Waals surface area (Å²) in [6.07, 6.45) is -0.144. The smallest absolute Gasteiger partial charge is 0.228 e. The zero-order chi connectivity index (χ0) is 18.3. The summed E-state index contributed by atoms with van der Waals surface area (Å²) in [5, 5.41) is 6.35. The van der Waals surface area contributed by atoms with Gasteiger partial charge in [0.15, 0.2) is 0 Å². The van der Waals surface area contributed by atoms with E-state index in [9.17, 15) is 9.18 Å². The van der Waals surface area contributed by atoms with E-state index in [0.717, 1.165) is 40.1 Å². The van der Waals surface area contributed by atoms with Gasteiger partial charge in [0.25, 0.3) is 0 Å². The van der Waals surface area contributed by atoms with Crippen LogP contribution in [0.4, 0.5) is 10.1 Å². The highest BCUT2D eigenvalue weighted by molar-refractivity contribution is 7.13. The second kappa shape index (κ2) is 6.85. The van der Waals surface area contributed by atoms with Gasteiger partial charge in [-0.25, -0.2) is 4.39 Å². The lowest BCUT2D eigenvalue weighted by Crippen LogP contribution is -2.46. The first-order valence-corrected chi connectivity index (χ1v) is 9.71. The molecule has 1 aromatic carbocycles. The summed E-state index contributed by atoms with van der Waals surface area (Å²) >= 11 is 1.61. The molecule has 2 unspecified atom stereocenters. The molecular weight excluding hydrogens is 349 g/mol. The minimum absolute atomic E-state index is 0.0248. The predicted octanol–water partition coefficient (Wildman–Crippen LogP) is 4.48. The molecule has 26 heavy (non-hydrogen) atoms. The molecule has 1 aliphatic heterocycles. The van der Waals surface area contributed by atoms with E-state index < -0.39 is 6.17 Å². The Morgan fingerprint density at radius 3 is 2.85 bits per heavy atom. The van der Waals surface area contributed by atoms with E-state index >= 15 is 0 Å². The number of nitrogens with one attached hydrogen (secondary N) is 1. The first-order chi connectivity index (χ1) is 12.5. The third-order valence-electron chi connectivity index (χ3n) is 5.02. The number of likely N-dealkylation sites (tertiary alicyclic amines) is 1. The fourth-order valence-corrected chi connectivity index (χ4v) is 4.45. The lowest BCUT2D eigenvalue weighted by Gasteiger charge is -2.33. The van der Waals surface area contributed by atoms with Crippen LogP contribution in [0.25, 0.3) is 21.5 Å². The molecule has 0 aliphatic carbocycles. The molecule has 136 valence electrons. The van der Waals surface area contributed by atoms with Gasteiger partial charge in [0, 0.05) is 31.1 Å². The SMILES string of the molecule is CC(=O)n1c(-c2cccs2)cc2c(NC3CCN(C)CC3F)cccc21. The van der Waals surface area contributed by atoms with E-state index in [1.807, 2.05) is 53.7 Å². The Labute approximate surface area is 156 Å². The Bertz CT molecular complexity index is 934. The van der Waals surface area contributed by atoms with Crippen molar-refractivity contribution in [2.24, 2.45) is 0 Å². The third kappa shape index (κ3) is 3.04. The van der Waals surface area contributed by atoms with Crippen molar-refractivity contribution in [3.8, 4) is 10.6 Å². The van der Waals surface area contributed by atoms with Crippen LogP contribution in [0, 0.1) is 0 Å². The Balaban J connectivity index is 1.77. The Morgan fingerprint density at radius 2 is 2.15 bits per heavy atom. The summed E-state index contributed by atoms with van der Waals surface area (Å²) in [6.45, 7) is 2.90. The highest BCUT2D eigenvalue weighted by atomic mass is 32.1. The van der Waals surface area contributed by atoms with Crippen molar-refractivity contribution in [1.82, 2.24) is 9.47 Å². The molecule has 6 heteroatoms. The molecule has 3 heterocycles. The Morgan fingerprint density at radius 1 is 1.31 bits per heavy atom. The number of alkyl halides is 1. The minimum Gasteiger partial charge on any atom is -0.379 e. The Hall–Kier alpha value is -2.18. The fraction of sp³-hybridized carbons (Fsp3) is 0.350. The van der Waals surface area contributed by atoms with Crippen LogP contribution in [0.1, 0.15) is 18.1 Å². The number of anilines is 1. The van der Waals surface area contributed by atoms with Crippen LogP contribution in [-0.2, 0) is 0 Å². The van der Waals surface area contributed by atoms with Crippen LogP contribution < -0.4 is 5.32 Å². The summed E-state index contributed by atoms with van der Waals surface area (Å²) in [6, 6.07) is 11.7. The predicted molar refractivity (Wildman–Crippen MR) is 106 cm³/mol. The highest BCUT2D eigenvalue weighted by Gasteiger charge is 2.28. The maximum absolute atomic E-state index is 14.5. The topological polar surface area (TPSA) is 37.3 Å². The molecule has 4 nitrogen and oxygen atoms in total. The van der Waals surface area contributed by atoms with Crippen LogP contribution in [0.15, 0.2) is 41.8 Å². The molecule has 1 saturated heterocycles. The van der Waals surface area contributed by atoms with Crippen molar-refractivity contribution in [3.05, 3.63) is 41.8 Å². The van der Waals surface area contributed by atoms with E-state index in [1.165, 1.54) is 0 Å². The molecule has 4 rings (SSSR count).